The molecule has 0 bridgehead atoms. The zero-order valence-corrected chi connectivity index (χ0v) is 37.9. The average Bonchev–Trinajstić information content (AvgIpc) is 3.23. The maximum Gasteiger partial charge on any atom is 0.407 e. The van der Waals surface area contributed by atoms with Crippen molar-refractivity contribution in [2.24, 2.45) is 5.92 Å². The van der Waals surface area contributed by atoms with Crippen LogP contribution in [-0.2, 0) is 51.3 Å². The van der Waals surface area contributed by atoms with Crippen molar-refractivity contribution in [1.29, 1.82) is 0 Å². The molecule has 15 heteroatoms. The number of benzene rings is 2. The summed E-state index contributed by atoms with van der Waals surface area (Å²) in [6.07, 6.45) is 8.17. The van der Waals surface area contributed by atoms with Crippen molar-refractivity contribution in [3.05, 3.63) is 71.8 Å². The smallest absolute Gasteiger partial charge is 0.407 e. The van der Waals surface area contributed by atoms with Crippen molar-refractivity contribution < 1.29 is 47.7 Å². The maximum absolute atomic E-state index is 13.9. The Kier molecular flexibility index (Phi) is 26.3. The Hall–Kier alpha value is -5.18. The topological polar surface area (TPSA) is 199 Å². The molecule has 62 heavy (non-hydrogen) atoms. The van der Waals surface area contributed by atoms with Crippen LogP contribution in [0.4, 0.5) is 9.59 Å². The Morgan fingerprint density at radius 3 is 1.69 bits per heavy atom. The molecule has 0 saturated heterocycles. The Labute approximate surface area is 368 Å². The predicted molar refractivity (Wildman–Crippen MR) is 238 cm³/mol. The number of unbranched alkanes of at least 4 members (excludes halogenated alkanes) is 8. The van der Waals surface area contributed by atoms with Gasteiger partial charge in [0.2, 0.25) is 17.7 Å². The van der Waals surface area contributed by atoms with E-state index in [2.05, 4.69) is 26.6 Å². The van der Waals surface area contributed by atoms with E-state index < -0.39 is 53.7 Å². The van der Waals surface area contributed by atoms with E-state index in [1.807, 2.05) is 95.3 Å². The van der Waals surface area contributed by atoms with Gasteiger partial charge in [-0.25, -0.2) is 14.4 Å². The summed E-state index contributed by atoms with van der Waals surface area (Å²) >= 11 is 0. The molecule has 0 aromatic heterocycles. The molecule has 0 unspecified atom stereocenters. The fourth-order valence-corrected chi connectivity index (χ4v) is 6.37. The van der Waals surface area contributed by atoms with E-state index in [0.29, 0.717) is 32.2 Å². The Bertz CT molecular complexity index is 1600. The van der Waals surface area contributed by atoms with Crippen LogP contribution in [-0.4, -0.2) is 86.4 Å². The van der Waals surface area contributed by atoms with Gasteiger partial charge in [0, 0.05) is 19.5 Å². The van der Waals surface area contributed by atoms with Crippen LogP contribution < -0.4 is 26.6 Å². The highest BCUT2D eigenvalue weighted by Crippen LogP contribution is 2.12. The SMILES string of the molecule is COC(=O)[C@H](CC(C)C)NC(=O)[C@H](CCCCNC(=O)OCc1ccccc1)NC(=O)[C@H](COCc1ccccc1)NC(=O)CCCCCCCCCCNC(=O)OC(C)(C)C. The fraction of sp³-hybridized carbons (Fsp3) is 0.617. The number of nitrogens with one attached hydrogen (secondary N) is 5. The largest absolute Gasteiger partial charge is 0.467 e. The van der Waals surface area contributed by atoms with E-state index in [1.165, 1.54) is 7.11 Å². The van der Waals surface area contributed by atoms with Gasteiger partial charge in [0.1, 0.15) is 30.3 Å². The molecule has 0 aliphatic heterocycles. The van der Waals surface area contributed by atoms with Crippen LogP contribution in [0.1, 0.15) is 129 Å². The molecule has 2 aromatic rings. The number of esters is 1. The molecule has 0 spiro atoms. The third kappa shape index (κ3) is 25.6. The summed E-state index contributed by atoms with van der Waals surface area (Å²) in [5.41, 5.74) is 1.23. The van der Waals surface area contributed by atoms with Crippen LogP contribution in [0, 0.1) is 5.92 Å². The molecular formula is C47H73N5O10. The zero-order valence-electron chi connectivity index (χ0n) is 37.9. The summed E-state index contributed by atoms with van der Waals surface area (Å²) in [5.74, 6) is -2.02. The molecule has 0 saturated carbocycles. The summed E-state index contributed by atoms with van der Waals surface area (Å²) in [7, 11) is 1.25. The van der Waals surface area contributed by atoms with Crippen LogP contribution in [0.15, 0.2) is 60.7 Å². The van der Waals surface area contributed by atoms with Gasteiger partial charge < -0.3 is 45.5 Å². The first kappa shape index (κ1) is 53.0. The van der Waals surface area contributed by atoms with Gasteiger partial charge in [0.15, 0.2) is 0 Å². The molecule has 0 fully saturated rings. The average molecular weight is 868 g/mol. The summed E-state index contributed by atoms with van der Waals surface area (Å²) in [5, 5.41) is 13.9. The lowest BCUT2D eigenvalue weighted by molar-refractivity contribution is -0.146. The number of carbonyl (C=O) groups excluding carboxylic acids is 6. The molecule has 346 valence electrons. The summed E-state index contributed by atoms with van der Waals surface area (Å²) in [4.78, 5) is 77.5. The van der Waals surface area contributed by atoms with Crippen molar-refractivity contribution in [3.63, 3.8) is 0 Å². The van der Waals surface area contributed by atoms with Gasteiger partial charge >= 0.3 is 18.2 Å². The number of carbonyl (C=O) groups is 6. The molecule has 0 aliphatic carbocycles. The van der Waals surface area contributed by atoms with Gasteiger partial charge in [0.25, 0.3) is 0 Å². The minimum Gasteiger partial charge on any atom is -0.467 e. The number of hydrogen-bond acceptors (Lipinski definition) is 10. The second kappa shape index (κ2) is 30.8. The molecule has 2 rings (SSSR count). The van der Waals surface area contributed by atoms with Gasteiger partial charge in [-0.1, -0.05) is 113 Å². The van der Waals surface area contributed by atoms with E-state index in [1.54, 1.807) is 0 Å². The van der Waals surface area contributed by atoms with Gasteiger partial charge in [0.05, 0.1) is 20.3 Å². The quantitative estimate of drug-likeness (QED) is 0.0309. The second-order valence-corrected chi connectivity index (χ2v) is 16.9. The van der Waals surface area contributed by atoms with Crippen LogP contribution in [0.2, 0.25) is 0 Å². The van der Waals surface area contributed by atoms with Crippen LogP contribution in [0.5, 0.6) is 0 Å². The molecule has 2 aromatic carbocycles. The first-order valence-corrected chi connectivity index (χ1v) is 22.2. The summed E-state index contributed by atoms with van der Waals surface area (Å²) < 4.78 is 21.4. The normalized spacial score (nSPS) is 12.6. The minimum absolute atomic E-state index is 0.0628. The first-order chi connectivity index (χ1) is 29.7. The summed E-state index contributed by atoms with van der Waals surface area (Å²) in [6, 6.07) is 15.7. The number of methoxy groups -OCH3 is 1. The molecule has 5 amide bonds. The van der Waals surface area contributed by atoms with Crippen LogP contribution in [0.3, 0.4) is 0 Å². The van der Waals surface area contributed by atoms with Crippen LogP contribution >= 0.6 is 0 Å². The zero-order chi connectivity index (χ0) is 45.6. The monoisotopic (exact) mass is 868 g/mol. The van der Waals surface area contributed by atoms with Gasteiger partial charge in [-0.05, 0) is 76.3 Å². The third-order valence-corrected chi connectivity index (χ3v) is 9.59. The van der Waals surface area contributed by atoms with Crippen molar-refractivity contribution in [2.75, 3.05) is 26.8 Å². The summed E-state index contributed by atoms with van der Waals surface area (Å²) in [6.45, 7) is 10.4. The Balaban J connectivity index is 1.96. The van der Waals surface area contributed by atoms with Crippen molar-refractivity contribution in [1.82, 2.24) is 26.6 Å². The fourth-order valence-electron chi connectivity index (χ4n) is 6.37. The molecule has 3 atom stereocenters. The lowest BCUT2D eigenvalue weighted by atomic mass is 10.0. The Morgan fingerprint density at radius 2 is 1.11 bits per heavy atom. The van der Waals surface area contributed by atoms with E-state index in [-0.39, 0.29) is 51.0 Å². The van der Waals surface area contributed by atoms with Crippen molar-refractivity contribution >= 4 is 35.9 Å². The van der Waals surface area contributed by atoms with Gasteiger partial charge in [-0.15, -0.1) is 0 Å². The van der Waals surface area contributed by atoms with E-state index in [0.717, 1.165) is 56.1 Å². The van der Waals surface area contributed by atoms with E-state index >= 15 is 0 Å². The molecule has 0 heterocycles. The number of ether oxygens (including phenoxy) is 4. The molecule has 0 aliphatic rings. The van der Waals surface area contributed by atoms with E-state index in [4.69, 9.17) is 18.9 Å². The number of alkyl carbamates (subject to hydrolysis) is 2. The third-order valence-electron chi connectivity index (χ3n) is 9.59. The Morgan fingerprint density at radius 1 is 0.597 bits per heavy atom. The maximum atomic E-state index is 13.9. The van der Waals surface area contributed by atoms with E-state index in [9.17, 15) is 28.8 Å². The minimum atomic E-state index is -1.10. The number of hydrogen-bond donors (Lipinski definition) is 5. The molecule has 15 nitrogen and oxygen atoms in total. The highest BCUT2D eigenvalue weighted by molar-refractivity contribution is 5.93. The van der Waals surface area contributed by atoms with Crippen molar-refractivity contribution in [2.45, 2.75) is 155 Å². The van der Waals surface area contributed by atoms with Crippen molar-refractivity contribution in [3.8, 4) is 0 Å². The lowest BCUT2D eigenvalue weighted by Crippen LogP contribution is -2.57. The second-order valence-electron chi connectivity index (χ2n) is 16.9. The number of rotatable bonds is 30. The number of amides is 5. The standard InChI is InChI=1S/C47H73N5O10/c1-35(2)31-39(44(56)59-6)52-42(54)38(27-20-22-30-48-45(57)61-33-37-25-17-14-18-26-37)51-43(55)40(34-60-32-36-23-15-13-16-24-36)50-41(53)28-19-11-9-7-8-10-12-21-29-49-46(58)62-47(3,4)5/h13-18,23-26,35,38-40H,7-12,19-22,27-34H2,1-6H3,(H,48,57)(H,49,58)(H,50,53)(H,51,55)(H,52,54)/t38-,39-,40-/m0/s1. The highest BCUT2D eigenvalue weighted by Gasteiger charge is 2.30. The first-order valence-electron chi connectivity index (χ1n) is 22.2. The molecular weight excluding hydrogens is 795 g/mol. The molecule has 0 radical (unpaired) electrons. The lowest BCUT2D eigenvalue weighted by Gasteiger charge is -2.25. The predicted octanol–water partition coefficient (Wildman–Crippen LogP) is 7.01. The molecule has 5 N–H and O–H groups in total. The highest BCUT2D eigenvalue weighted by atomic mass is 16.6. The van der Waals surface area contributed by atoms with Crippen LogP contribution in [0.25, 0.3) is 0 Å². The van der Waals surface area contributed by atoms with Gasteiger partial charge in [-0.2, -0.15) is 0 Å². The van der Waals surface area contributed by atoms with Gasteiger partial charge in [-0.3, -0.25) is 14.4 Å².